The van der Waals surface area contributed by atoms with Crippen LogP contribution in [0.4, 0.5) is 11.4 Å². The molecule has 2 aromatic carbocycles. The molecule has 0 saturated heterocycles. The molecular formula is C44H60N7O12S2-. The van der Waals surface area contributed by atoms with Crippen molar-refractivity contribution in [3.05, 3.63) is 94.0 Å². The summed E-state index contributed by atoms with van der Waals surface area (Å²) >= 11 is 0.837. The Morgan fingerprint density at radius 2 is 1.63 bits per heavy atom. The maximum absolute atomic E-state index is 12.5. The third-order valence-electron chi connectivity index (χ3n) is 11.2. The number of unbranched alkanes of at least 4 members (excludes halogenated alkanes) is 2. The van der Waals surface area contributed by atoms with Gasteiger partial charge in [-0.3, -0.25) is 14.6 Å². The van der Waals surface area contributed by atoms with Gasteiger partial charge in [0.15, 0.2) is 12.3 Å². The molecule has 0 aliphatic carbocycles. The average Bonchev–Trinajstić information content (AvgIpc) is 3.63. The van der Waals surface area contributed by atoms with E-state index in [0.717, 1.165) is 40.4 Å². The molecule has 1 atom stereocenters. The Labute approximate surface area is 385 Å². The van der Waals surface area contributed by atoms with Crippen LogP contribution in [0.25, 0.3) is 10.4 Å². The number of anilines is 1. The van der Waals surface area contributed by atoms with E-state index < -0.39 is 26.9 Å². The number of methoxy groups -OCH3 is 2. The van der Waals surface area contributed by atoms with Crippen LogP contribution in [0.1, 0.15) is 64.0 Å². The van der Waals surface area contributed by atoms with Gasteiger partial charge in [-0.1, -0.05) is 29.8 Å². The van der Waals surface area contributed by atoms with Crippen LogP contribution in [0, 0.1) is 0 Å². The molecule has 21 heteroatoms. The Balaban J connectivity index is 1.60. The number of nitrogens with one attached hydrogen (secondary N) is 2. The minimum atomic E-state index is -4.75. The fraction of sp³-hybridized carbons (Fsp3) is 0.523. The molecule has 0 radical (unpaired) electrons. The van der Waals surface area contributed by atoms with Crippen LogP contribution >= 0.6 is 12.0 Å². The largest absolute Gasteiger partial charge is 0.744 e. The van der Waals surface area contributed by atoms with Crippen LogP contribution in [0.15, 0.2) is 87.4 Å². The number of carbonyl (C=O) groups is 2. The first-order valence-electron chi connectivity index (χ1n) is 21.3. The topological polar surface area (TPSA) is 249 Å². The Morgan fingerprint density at radius 3 is 2.32 bits per heavy atom. The molecule has 2 aliphatic rings. The second-order valence-corrected chi connectivity index (χ2v) is 18.0. The Bertz CT molecular complexity index is 2210. The molecule has 0 spiro atoms. The first kappa shape index (κ1) is 53.0. The summed E-state index contributed by atoms with van der Waals surface area (Å²) < 4.78 is 65.8. The molecule has 2 amide bonds. The fourth-order valence-electron chi connectivity index (χ4n) is 7.85. The highest BCUT2D eigenvalue weighted by molar-refractivity contribution is 7.94. The summed E-state index contributed by atoms with van der Waals surface area (Å²) in [5, 5.41) is 22.7. The summed E-state index contributed by atoms with van der Waals surface area (Å²) in [4.78, 5) is 29.2. The van der Waals surface area contributed by atoms with Crippen molar-refractivity contribution in [1.82, 2.24) is 10.6 Å². The van der Waals surface area contributed by atoms with Crippen molar-refractivity contribution < 1.29 is 60.7 Å². The number of hydrogen-bond acceptors (Lipinski definition) is 15. The number of hydrogen-bond donors (Lipinski definition) is 2. The van der Waals surface area contributed by atoms with Gasteiger partial charge >= 0.3 is 0 Å². The smallest absolute Gasteiger partial charge is 0.225 e. The van der Waals surface area contributed by atoms with Crippen LogP contribution in [0.2, 0.25) is 0 Å². The molecule has 356 valence electrons. The second-order valence-electron chi connectivity index (χ2n) is 15.8. The third kappa shape index (κ3) is 15.2. The highest BCUT2D eigenvalue weighted by Crippen LogP contribution is 2.51. The SMILES string of the molecule is COCCOCC[N+]1=C(/C=C/C=C/C=C2/N(CCCCCC(=O)NCCNC(=O)CN=[N+]=[N-])c3ccc(S(=O)(=O)[O-])cc3C2(C)CCOCCOC)C(C)(C)c2cc(SOO[O-])ccc21. The average molecular weight is 943 g/mol. The molecule has 2 heterocycles. The summed E-state index contributed by atoms with van der Waals surface area (Å²) in [6.45, 7) is 10.0. The zero-order valence-corrected chi connectivity index (χ0v) is 39.2. The standard InChI is InChI=1S/C44H61N7O12S2/c1-43(2)35-30-33(64-63-62-54)15-17-37(35)51(23-25-61-29-27-59-5)39(43)12-8-6-9-13-40-44(3,19-24-60-28-26-58-4)36-31-34(65(55,56)57)16-18-38(36)50(40)22-11-7-10-14-41(52)46-20-21-47-42(53)32-48-49-45/h6,8-9,12-13,15-18,30-31H,7,10-11,14,19-29,32H2,1-5H3,(H3-,46,47,52,53,54,55,56,57)/p-1. The van der Waals surface area contributed by atoms with Gasteiger partial charge in [-0.15, -0.1) is 0 Å². The van der Waals surface area contributed by atoms with Crippen LogP contribution in [0.5, 0.6) is 0 Å². The summed E-state index contributed by atoms with van der Waals surface area (Å²) in [5.74, 6) is -0.586. The molecule has 19 nitrogen and oxygen atoms in total. The zero-order chi connectivity index (χ0) is 47.3. The second kappa shape index (κ2) is 26.5. The maximum atomic E-state index is 12.5. The Hall–Kier alpha value is -4.64. The predicted octanol–water partition coefficient (Wildman–Crippen LogP) is 4.79. The molecule has 65 heavy (non-hydrogen) atoms. The lowest BCUT2D eigenvalue weighted by Crippen LogP contribution is -2.35. The van der Waals surface area contributed by atoms with E-state index in [-0.39, 0.29) is 36.9 Å². The number of azide groups is 1. The maximum Gasteiger partial charge on any atom is 0.225 e. The molecule has 2 aromatic rings. The molecule has 4 rings (SSSR count). The summed E-state index contributed by atoms with van der Waals surface area (Å²) in [6.07, 6.45) is 12.7. The lowest BCUT2D eigenvalue weighted by atomic mass is 9.78. The van der Waals surface area contributed by atoms with Gasteiger partial charge in [-0.05, 0) is 87.5 Å². The van der Waals surface area contributed by atoms with Gasteiger partial charge in [0.25, 0.3) is 0 Å². The van der Waals surface area contributed by atoms with Crippen molar-refractivity contribution in [3.8, 4) is 0 Å². The first-order valence-corrected chi connectivity index (χ1v) is 23.4. The molecule has 0 saturated carbocycles. The van der Waals surface area contributed by atoms with Crippen LogP contribution in [0.3, 0.4) is 0 Å². The van der Waals surface area contributed by atoms with E-state index in [9.17, 15) is 27.8 Å². The van der Waals surface area contributed by atoms with Crippen molar-refractivity contribution >= 4 is 51.1 Å². The molecule has 0 aromatic heterocycles. The number of amides is 2. The number of fused-ring (bicyclic) bond motifs is 2. The van der Waals surface area contributed by atoms with E-state index in [0.29, 0.717) is 88.9 Å². The highest BCUT2D eigenvalue weighted by atomic mass is 32.2. The van der Waals surface area contributed by atoms with Crippen molar-refractivity contribution in [3.63, 3.8) is 0 Å². The van der Waals surface area contributed by atoms with E-state index in [1.165, 1.54) is 12.1 Å². The van der Waals surface area contributed by atoms with E-state index in [1.807, 2.05) is 49.4 Å². The number of nitrogens with zero attached hydrogens (tertiary/aromatic N) is 5. The summed E-state index contributed by atoms with van der Waals surface area (Å²) in [5.41, 5.74) is 12.6. The molecule has 2 aliphatic heterocycles. The monoisotopic (exact) mass is 942 g/mol. The van der Waals surface area contributed by atoms with E-state index in [1.54, 1.807) is 20.3 Å². The molecule has 2 N–H and O–H groups in total. The minimum Gasteiger partial charge on any atom is -0.744 e. The van der Waals surface area contributed by atoms with Gasteiger partial charge < -0.3 is 44.3 Å². The predicted molar refractivity (Wildman–Crippen MR) is 241 cm³/mol. The summed E-state index contributed by atoms with van der Waals surface area (Å²) in [7, 11) is -1.54. The van der Waals surface area contributed by atoms with Crippen LogP contribution < -0.4 is 20.8 Å². The summed E-state index contributed by atoms with van der Waals surface area (Å²) in [6, 6.07) is 10.3. The Kier molecular flexibility index (Phi) is 21.6. The number of ether oxygens (including phenoxy) is 4. The first-order chi connectivity index (χ1) is 31.2. The molecule has 1 unspecified atom stereocenters. The van der Waals surface area contributed by atoms with Crippen molar-refractivity contribution in [1.29, 1.82) is 0 Å². The number of benzene rings is 2. The number of carbonyl (C=O) groups excluding carboxylic acids is 2. The van der Waals surface area contributed by atoms with E-state index >= 15 is 0 Å². The quantitative estimate of drug-likeness (QED) is 0.0102. The fourth-order valence-corrected chi connectivity index (χ4v) is 8.74. The van der Waals surface area contributed by atoms with Gasteiger partial charge in [0.05, 0.1) is 48.8 Å². The Morgan fingerprint density at radius 1 is 0.908 bits per heavy atom. The lowest BCUT2D eigenvalue weighted by Gasteiger charge is -2.30. The van der Waals surface area contributed by atoms with E-state index in [2.05, 4.69) is 59.4 Å². The van der Waals surface area contributed by atoms with Crippen molar-refractivity contribution in [2.45, 2.75) is 73.5 Å². The van der Waals surface area contributed by atoms with Gasteiger partial charge in [-0.2, -0.15) is 8.91 Å². The highest BCUT2D eigenvalue weighted by Gasteiger charge is 2.45. The van der Waals surface area contributed by atoms with Crippen molar-refractivity contribution in [2.75, 3.05) is 91.5 Å². The van der Waals surface area contributed by atoms with Gasteiger partial charge in [0.2, 0.25) is 17.5 Å². The van der Waals surface area contributed by atoms with Crippen LogP contribution in [-0.2, 0) is 58.9 Å². The zero-order valence-electron chi connectivity index (χ0n) is 37.6. The minimum absolute atomic E-state index is 0.155. The van der Waals surface area contributed by atoms with Gasteiger partial charge in [-0.25, -0.2) is 8.42 Å². The molecular weight excluding hydrogens is 883 g/mol. The van der Waals surface area contributed by atoms with Crippen LogP contribution in [-0.4, -0.2) is 122 Å². The molecule has 0 bridgehead atoms. The third-order valence-corrected chi connectivity index (χ3v) is 12.6. The number of rotatable bonds is 30. The lowest BCUT2D eigenvalue weighted by molar-refractivity contribution is -0.777. The van der Waals surface area contributed by atoms with Crippen molar-refractivity contribution in [2.24, 2.45) is 5.11 Å². The van der Waals surface area contributed by atoms with Gasteiger partial charge in [0.1, 0.15) is 23.3 Å². The molecule has 0 fully saturated rings. The number of allylic oxidation sites excluding steroid dienone is 6. The normalized spacial score (nSPS) is 17.3. The van der Waals surface area contributed by atoms with E-state index in [4.69, 9.17) is 24.5 Å². The van der Waals surface area contributed by atoms with Gasteiger partial charge in [0, 0.05) is 91.2 Å².